The summed E-state index contributed by atoms with van der Waals surface area (Å²) in [6, 6.07) is 5.41. The van der Waals surface area contributed by atoms with E-state index in [0.29, 0.717) is 34.3 Å². The quantitative estimate of drug-likeness (QED) is 0.494. The fourth-order valence-corrected chi connectivity index (χ4v) is 4.09. The van der Waals surface area contributed by atoms with Gasteiger partial charge in [-0.1, -0.05) is 0 Å². The summed E-state index contributed by atoms with van der Waals surface area (Å²) in [6.07, 6.45) is 5.77. The Kier molecular flexibility index (Phi) is 5.08. The molecular formula is C21H24N6O4. The van der Waals surface area contributed by atoms with Crippen molar-refractivity contribution in [2.75, 3.05) is 41.8 Å². The minimum Gasteiger partial charge on any atom is -0.487 e. The maximum absolute atomic E-state index is 13.1. The number of carbonyl (C=O) groups excluding carboxylic acids is 1. The van der Waals surface area contributed by atoms with E-state index < -0.39 is 6.23 Å². The van der Waals surface area contributed by atoms with Crippen LogP contribution in [-0.2, 0) is 0 Å². The third-order valence-electron chi connectivity index (χ3n) is 5.80. The van der Waals surface area contributed by atoms with E-state index in [1.165, 1.54) is 6.20 Å². The summed E-state index contributed by atoms with van der Waals surface area (Å²) in [5.41, 5.74) is 2.89. The second-order valence-corrected chi connectivity index (χ2v) is 7.85. The molecule has 1 aromatic carbocycles. The number of nitrogens with zero attached hydrogens (tertiary/aromatic N) is 4. The van der Waals surface area contributed by atoms with Gasteiger partial charge in [0.2, 0.25) is 0 Å². The predicted molar refractivity (Wildman–Crippen MR) is 115 cm³/mol. The molecular weight excluding hydrogens is 400 g/mol. The van der Waals surface area contributed by atoms with Crippen LogP contribution in [0.3, 0.4) is 0 Å². The molecule has 5 rings (SSSR count). The second kappa shape index (κ2) is 8.05. The lowest BCUT2D eigenvalue weighted by atomic mass is 9.97. The molecule has 1 fully saturated rings. The first kappa shape index (κ1) is 19.6. The number of anilines is 3. The highest BCUT2D eigenvalue weighted by atomic mass is 16.5. The van der Waals surface area contributed by atoms with E-state index in [2.05, 4.69) is 25.6 Å². The van der Waals surface area contributed by atoms with E-state index in [9.17, 15) is 15.0 Å². The van der Waals surface area contributed by atoms with Gasteiger partial charge in [0, 0.05) is 38.2 Å². The lowest BCUT2D eigenvalue weighted by Crippen LogP contribution is -2.36. The molecule has 4 heterocycles. The number of aliphatic hydroxyl groups is 2. The topological polar surface area (TPSA) is 124 Å². The van der Waals surface area contributed by atoms with Crippen molar-refractivity contribution in [3.8, 4) is 5.75 Å². The molecule has 0 radical (unpaired) electrons. The highest BCUT2D eigenvalue weighted by Crippen LogP contribution is 2.40. The minimum atomic E-state index is -0.814. The van der Waals surface area contributed by atoms with Crippen molar-refractivity contribution in [1.82, 2.24) is 14.6 Å². The molecule has 1 amide bonds. The highest BCUT2D eigenvalue weighted by molar-refractivity contribution is 6.09. The molecule has 31 heavy (non-hydrogen) atoms. The standard InChI is InChI=1S/C21H24N6O4/c28-11-13-2-6-26(7-3-13)17-9-18-16(24-19(29)12-31-18)8-15(17)25-21(30)14-10-23-27-5-1-4-22-20(14)27/h1,4-5,8-10,13,19,24,28-29H,2-3,6-7,11-12H2,(H,25,30). The SMILES string of the molecule is O=C(Nc1cc2c(cc1N1CCC(CO)CC1)OCC(O)N2)c1cnn2cccnc12. The number of benzene rings is 1. The number of carbonyl (C=O) groups is 1. The van der Waals surface area contributed by atoms with Crippen LogP contribution in [0.25, 0.3) is 5.65 Å². The van der Waals surface area contributed by atoms with E-state index in [1.807, 2.05) is 6.07 Å². The van der Waals surface area contributed by atoms with Gasteiger partial charge in [-0.3, -0.25) is 4.79 Å². The van der Waals surface area contributed by atoms with Crippen molar-refractivity contribution in [3.63, 3.8) is 0 Å². The highest BCUT2D eigenvalue weighted by Gasteiger charge is 2.26. The fraction of sp³-hybridized carbons (Fsp3) is 0.381. The maximum atomic E-state index is 13.1. The summed E-state index contributed by atoms with van der Waals surface area (Å²) < 4.78 is 7.23. The largest absolute Gasteiger partial charge is 0.487 e. The Morgan fingerprint density at radius 2 is 2.16 bits per heavy atom. The Morgan fingerprint density at radius 1 is 1.32 bits per heavy atom. The van der Waals surface area contributed by atoms with Crippen molar-refractivity contribution in [3.05, 3.63) is 42.4 Å². The maximum Gasteiger partial charge on any atom is 0.261 e. The molecule has 0 spiro atoms. The van der Waals surface area contributed by atoms with Gasteiger partial charge >= 0.3 is 0 Å². The Labute approximate surface area is 178 Å². The van der Waals surface area contributed by atoms with Gasteiger partial charge < -0.3 is 30.5 Å². The molecule has 10 nitrogen and oxygen atoms in total. The first-order valence-electron chi connectivity index (χ1n) is 10.3. The number of hydrogen-bond donors (Lipinski definition) is 4. The number of hydrogen-bond acceptors (Lipinski definition) is 8. The molecule has 1 unspecified atom stereocenters. The molecule has 162 valence electrons. The zero-order valence-corrected chi connectivity index (χ0v) is 16.9. The van der Waals surface area contributed by atoms with Crippen LogP contribution in [-0.4, -0.2) is 63.2 Å². The Hall–Kier alpha value is -3.37. The number of fused-ring (bicyclic) bond motifs is 2. The third kappa shape index (κ3) is 3.75. The zero-order valence-electron chi connectivity index (χ0n) is 16.9. The lowest BCUT2D eigenvalue weighted by molar-refractivity contribution is 0.102. The molecule has 1 atom stereocenters. The Morgan fingerprint density at radius 3 is 2.97 bits per heavy atom. The van der Waals surface area contributed by atoms with Crippen LogP contribution < -0.4 is 20.3 Å². The van der Waals surface area contributed by atoms with Crippen LogP contribution in [0.15, 0.2) is 36.8 Å². The predicted octanol–water partition coefficient (Wildman–Crippen LogP) is 1.31. The molecule has 1 saturated heterocycles. The summed E-state index contributed by atoms with van der Waals surface area (Å²) in [6.45, 7) is 1.87. The summed E-state index contributed by atoms with van der Waals surface area (Å²) in [7, 11) is 0. The molecule has 2 aliphatic rings. The number of piperidine rings is 1. The second-order valence-electron chi connectivity index (χ2n) is 7.85. The van der Waals surface area contributed by atoms with Gasteiger partial charge in [0.1, 0.15) is 17.9 Å². The first-order chi connectivity index (χ1) is 15.1. The molecule has 3 aromatic rings. The molecule has 0 bridgehead atoms. The summed E-state index contributed by atoms with van der Waals surface area (Å²) in [5, 5.41) is 29.5. The third-order valence-corrected chi connectivity index (χ3v) is 5.80. The lowest BCUT2D eigenvalue weighted by Gasteiger charge is -2.35. The van der Waals surface area contributed by atoms with Gasteiger partial charge in [-0.15, -0.1) is 0 Å². The number of amides is 1. The van der Waals surface area contributed by atoms with E-state index >= 15 is 0 Å². The van der Waals surface area contributed by atoms with Crippen LogP contribution in [0.5, 0.6) is 5.75 Å². The average molecular weight is 424 g/mol. The molecule has 2 aliphatic heterocycles. The van der Waals surface area contributed by atoms with Gasteiger partial charge in [0.15, 0.2) is 11.9 Å². The van der Waals surface area contributed by atoms with Gasteiger partial charge in [-0.25, -0.2) is 9.50 Å². The Balaban J connectivity index is 1.48. The summed E-state index contributed by atoms with van der Waals surface area (Å²) in [4.78, 5) is 19.5. The van der Waals surface area contributed by atoms with E-state index in [4.69, 9.17) is 4.74 Å². The van der Waals surface area contributed by atoms with Gasteiger partial charge in [-0.2, -0.15) is 5.10 Å². The number of rotatable bonds is 4. The zero-order chi connectivity index (χ0) is 21.4. The van der Waals surface area contributed by atoms with Crippen LogP contribution in [0, 0.1) is 5.92 Å². The molecule has 0 saturated carbocycles. The minimum absolute atomic E-state index is 0.152. The Bertz CT molecular complexity index is 1110. The van der Waals surface area contributed by atoms with Crippen LogP contribution in [0.2, 0.25) is 0 Å². The van der Waals surface area contributed by atoms with E-state index in [0.717, 1.165) is 31.6 Å². The van der Waals surface area contributed by atoms with Gasteiger partial charge in [0.25, 0.3) is 5.91 Å². The van der Waals surface area contributed by atoms with Gasteiger partial charge in [0.05, 0.1) is 23.3 Å². The monoisotopic (exact) mass is 424 g/mol. The van der Waals surface area contributed by atoms with Crippen LogP contribution >= 0.6 is 0 Å². The first-order valence-corrected chi connectivity index (χ1v) is 10.3. The molecule has 2 aromatic heterocycles. The van der Waals surface area contributed by atoms with Crippen LogP contribution in [0.4, 0.5) is 17.1 Å². The molecule has 4 N–H and O–H groups in total. The number of aromatic nitrogens is 3. The van der Waals surface area contributed by atoms with Crippen molar-refractivity contribution in [2.24, 2.45) is 5.92 Å². The number of nitrogens with one attached hydrogen (secondary N) is 2. The van der Waals surface area contributed by atoms with Crippen molar-refractivity contribution >= 4 is 28.6 Å². The van der Waals surface area contributed by atoms with Crippen molar-refractivity contribution < 1.29 is 19.7 Å². The van der Waals surface area contributed by atoms with Crippen LogP contribution in [0.1, 0.15) is 23.2 Å². The molecule has 0 aliphatic carbocycles. The van der Waals surface area contributed by atoms with Crippen molar-refractivity contribution in [2.45, 2.75) is 19.1 Å². The smallest absolute Gasteiger partial charge is 0.261 e. The average Bonchev–Trinajstić information content (AvgIpc) is 3.23. The number of aliphatic hydroxyl groups excluding tert-OH is 2. The van der Waals surface area contributed by atoms with E-state index in [-0.39, 0.29) is 19.1 Å². The van der Waals surface area contributed by atoms with Gasteiger partial charge in [-0.05, 0) is 30.9 Å². The number of ether oxygens (including phenoxy) is 1. The van der Waals surface area contributed by atoms with E-state index in [1.54, 1.807) is 29.0 Å². The van der Waals surface area contributed by atoms with Crippen molar-refractivity contribution in [1.29, 1.82) is 0 Å². The molecule has 10 heteroatoms. The summed E-state index contributed by atoms with van der Waals surface area (Å²) >= 11 is 0. The fourth-order valence-electron chi connectivity index (χ4n) is 4.09. The summed E-state index contributed by atoms with van der Waals surface area (Å²) in [5.74, 6) is 0.600. The normalized spacial score (nSPS) is 18.9.